The van der Waals surface area contributed by atoms with Crippen LogP contribution in [0.3, 0.4) is 0 Å². The molecule has 0 saturated carbocycles. The van der Waals surface area contributed by atoms with E-state index >= 15 is 0 Å². The molecule has 2 rings (SSSR count). The van der Waals surface area contributed by atoms with Crippen LogP contribution in [0.4, 0.5) is 5.69 Å². The predicted octanol–water partition coefficient (Wildman–Crippen LogP) is 5.53. The van der Waals surface area contributed by atoms with E-state index in [0.717, 1.165) is 0 Å². The van der Waals surface area contributed by atoms with E-state index in [1.807, 2.05) is 6.07 Å². The van der Waals surface area contributed by atoms with Crippen molar-refractivity contribution in [3.05, 3.63) is 56.5 Å². The highest BCUT2D eigenvalue weighted by Crippen LogP contribution is 2.37. The molecule has 7 nitrogen and oxygen atoms in total. The Morgan fingerprint density at radius 3 is 2.50 bits per heavy atom. The molecule has 0 heterocycles. The van der Waals surface area contributed by atoms with Crippen LogP contribution in [-0.2, 0) is 14.3 Å². The number of anilines is 1. The smallest absolute Gasteiger partial charge is 0.344 e. The Hall–Kier alpha value is -2.92. The van der Waals surface area contributed by atoms with Gasteiger partial charge in [0, 0.05) is 0 Å². The largest absolute Gasteiger partial charge is 0.490 e. The Kier molecular flexibility index (Phi) is 9.66. The van der Waals surface area contributed by atoms with Crippen molar-refractivity contribution >= 4 is 58.4 Å². The average molecular weight is 498 g/mol. The van der Waals surface area contributed by atoms with E-state index in [-0.39, 0.29) is 57.6 Å². The summed E-state index contributed by atoms with van der Waals surface area (Å²) in [5.41, 5.74) is 0.464. The maximum Gasteiger partial charge on any atom is 0.344 e. The second-order valence-electron chi connectivity index (χ2n) is 6.08. The van der Waals surface area contributed by atoms with Crippen LogP contribution in [0.1, 0.15) is 19.4 Å². The number of ether oxygens (including phenoxy) is 3. The van der Waals surface area contributed by atoms with E-state index in [1.54, 1.807) is 32.0 Å². The molecule has 0 unspecified atom stereocenters. The Balaban J connectivity index is 2.31. The molecule has 0 saturated heterocycles. The number of carbonyl (C=O) groups is 2. The maximum absolute atomic E-state index is 12.6. The van der Waals surface area contributed by atoms with Gasteiger partial charge in [-0.05, 0) is 49.8 Å². The lowest BCUT2D eigenvalue weighted by Gasteiger charge is -2.14. The summed E-state index contributed by atoms with van der Waals surface area (Å²) in [5.74, 6) is -0.856. The van der Waals surface area contributed by atoms with E-state index in [2.05, 4.69) is 5.32 Å². The molecule has 32 heavy (non-hydrogen) atoms. The summed E-state index contributed by atoms with van der Waals surface area (Å²) in [5, 5.41) is 12.6. The van der Waals surface area contributed by atoms with Crippen molar-refractivity contribution in [2.24, 2.45) is 0 Å². The molecule has 0 aliphatic rings. The fourth-order valence-corrected chi connectivity index (χ4v) is 3.13. The number of halogens is 3. The molecule has 0 spiro atoms. The van der Waals surface area contributed by atoms with Gasteiger partial charge in [-0.2, -0.15) is 5.26 Å². The molecule has 0 aromatic heterocycles. The fourth-order valence-electron chi connectivity index (χ4n) is 2.51. The number of nitrogens with one attached hydrogen (secondary N) is 1. The van der Waals surface area contributed by atoms with Crippen LogP contribution in [0.5, 0.6) is 11.5 Å². The van der Waals surface area contributed by atoms with Gasteiger partial charge in [0.15, 0.2) is 18.1 Å². The molecule has 0 aliphatic heterocycles. The number of benzene rings is 2. The van der Waals surface area contributed by atoms with Gasteiger partial charge in [-0.25, -0.2) is 4.79 Å². The first-order valence-corrected chi connectivity index (χ1v) is 10.6. The van der Waals surface area contributed by atoms with Gasteiger partial charge < -0.3 is 19.5 Å². The molecule has 1 N–H and O–H groups in total. The van der Waals surface area contributed by atoms with Gasteiger partial charge in [-0.1, -0.05) is 40.9 Å². The second-order valence-corrected chi connectivity index (χ2v) is 7.27. The number of nitrogens with zero attached hydrogens (tertiary/aromatic N) is 1. The van der Waals surface area contributed by atoms with Crippen LogP contribution in [0.2, 0.25) is 15.1 Å². The monoisotopic (exact) mass is 496 g/mol. The lowest BCUT2D eigenvalue weighted by Crippen LogP contribution is -2.15. The number of amides is 1. The minimum absolute atomic E-state index is 0.127. The molecule has 0 aliphatic carbocycles. The van der Waals surface area contributed by atoms with Crippen molar-refractivity contribution in [3.63, 3.8) is 0 Å². The van der Waals surface area contributed by atoms with E-state index in [9.17, 15) is 14.9 Å². The van der Waals surface area contributed by atoms with E-state index in [0.29, 0.717) is 5.56 Å². The number of rotatable bonds is 9. The first-order valence-electron chi connectivity index (χ1n) is 9.42. The topological polar surface area (TPSA) is 97.7 Å². The highest BCUT2D eigenvalue weighted by Gasteiger charge is 2.17. The average Bonchev–Trinajstić information content (AvgIpc) is 2.75. The van der Waals surface area contributed by atoms with E-state index < -0.39 is 11.9 Å². The Morgan fingerprint density at radius 2 is 1.84 bits per heavy atom. The molecule has 2 aromatic rings. The van der Waals surface area contributed by atoms with Crippen LogP contribution < -0.4 is 14.8 Å². The predicted molar refractivity (Wildman–Crippen MR) is 123 cm³/mol. The third-order valence-electron chi connectivity index (χ3n) is 3.85. The minimum atomic E-state index is -0.687. The van der Waals surface area contributed by atoms with Gasteiger partial charge in [-0.15, -0.1) is 0 Å². The lowest BCUT2D eigenvalue weighted by molar-refractivity contribution is -0.145. The summed E-state index contributed by atoms with van der Waals surface area (Å²) < 4.78 is 15.8. The summed E-state index contributed by atoms with van der Waals surface area (Å²) in [7, 11) is 0. The standard InChI is InChI=1S/C22H19Cl3N2O5/c1-3-30-18-10-13(9-16(24)21(18)32-12-19(28)31-4-2)8-14(11-26)22(29)27-17-7-5-6-15(23)20(17)25/h5-10H,3-4,12H2,1-2H3,(H,27,29)/b14-8-. The van der Waals surface area contributed by atoms with Crippen molar-refractivity contribution in [3.8, 4) is 17.6 Å². The van der Waals surface area contributed by atoms with Gasteiger partial charge >= 0.3 is 5.97 Å². The summed E-state index contributed by atoms with van der Waals surface area (Å²) in [6, 6.07) is 9.59. The highest BCUT2D eigenvalue weighted by atomic mass is 35.5. The number of nitriles is 1. The van der Waals surface area contributed by atoms with Crippen molar-refractivity contribution in [1.29, 1.82) is 5.26 Å². The molecule has 10 heteroatoms. The summed E-state index contributed by atoms with van der Waals surface area (Å²) in [6.07, 6.45) is 1.33. The summed E-state index contributed by atoms with van der Waals surface area (Å²) >= 11 is 18.3. The molecule has 2 aromatic carbocycles. The van der Waals surface area contributed by atoms with Crippen LogP contribution in [-0.4, -0.2) is 31.7 Å². The van der Waals surface area contributed by atoms with Gasteiger partial charge in [0.1, 0.15) is 11.6 Å². The van der Waals surface area contributed by atoms with Crippen LogP contribution in [0, 0.1) is 11.3 Å². The highest BCUT2D eigenvalue weighted by molar-refractivity contribution is 6.44. The quantitative estimate of drug-likeness (QED) is 0.278. The number of esters is 1. The zero-order valence-electron chi connectivity index (χ0n) is 17.2. The van der Waals surface area contributed by atoms with Gasteiger partial charge in [-0.3, -0.25) is 4.79 Å². The molecule has 1 amide bonds. The number of carbonyl (C=O) groups excluding carboxylic acids is 2. The zero-order chi connectivity index (χ0) is 23.7. The molecule has 0 fully saturated rings. The first kappa shape index (κ1) is 25.3. The molecule has 0 bridgehead atoms. The number of hydrogen-bond donors (Lipinski definition) is 1. The van der Waals surface area contributed by atoms with Crippen LogP contribution in [0.15, 0.2) is 35.9 Å². The Morgan fingerprint density at radius 1 is 1.09 bits per heavy atom. The Labute approximate surface area is 200 Å². The van der Waals surface area contributed by atoms with Crippen LogP contribution >= 0.6 is 34.8 Å². The third-order valence-corrected chi connectivity index (χ3v) is 4.95. The van der Waals surface area contributed by atoms with E-state index in [4.69, 9.17) is 49.0 Å². The van der Waals surface area contributed by atoms with Crippen molar-refractivity contribution in [2.75, 3.05) is 25.1 Å². The maximum atomic E-state index is 12.6. The molecular weight excluding hydrogens is 479 g/mol. The first-order chi connectivity index (χ1) is 15.3. The van der Waals surface area contributed by atoms with Crippen molar-refractivity contribution in [1.82, 2.24) is 0 Å². The fraction of sp³-hybridized carbons (Fsp3) is 0.227. The second kappa shape index (κ2) is 12.2. The summed E-state index contributed by atoms with van der Waals surface area (Å²) in [4.78, 5) is 24.1. The lowest BCUT2D eigenvalue weighted by atomic mass is 10.1. The molecule has 0 radical (unpaired) electrons. The van der Waals surface area contributed by atoms with E-state index in [1.165, 1.54) is 18.2 Å². The van der Waals surface area contributed by atoms with Gasteiger partial charge in [0.25, 0.3) is 5.91 Å². The molecule has 168 valence electrons. The minimum Gasteiger partial charge on any atom is -0.490 e. The number of hydrogen-bond acceptors (Lipinski definition) is 6. The van der Waals surface area contributed by atoms with Crippen molar-refractivity contribution < 1.29 is 23.8 Å². The zero-order valence-corrected chi connectivity index (χ0v) is 19.5. The third kappa shape index (κ3) is 6.79. The Bertz CT molecular complexity index is 1080. The van der Waals surface area contributed by atoms with Crippen molar-refractivity contribution in [2.45, 2.75) is 13.8 Å². The molecular formula is C22H19Cl3N2O5. The normalized spacial score (nSPS) is 10.8. The van der Waals surface area contributed by atoms with Gasteiger partial charge in [0.05, 0.1) is 34.0 Å². The molecule has 0 atom stereocenters. The van der Waals surface area contributed by atoms with Crippen LogP contribution in [0.25, 0.3) is 6.08 Å². The van der Waals surface area contributed by atoms with Gasteiger partial charge in [0.2, 0.25) is 0 Å². The summed E-state index contributed by atoms with van der Waals surface area (Å²) in [6.45, 7) is 3.60. The SMILES string of the molecule is CCOC(=O)COc1c(Cl)cc(/C=C(/C#N)C(=O)Nc2cccc(Cl)c2Cl)cc1OCC.